The molecule has 0 aliphatic carbocycles. The van der Waals surface area contributed by atoms with Gasteiger partial charge in [0.2, 0.25) is 0 Å². The average Bonchev–Trinajstić information content (AvgIpc) is 2.38. The quantitative estimate of drug-likeness (QED) is 0.738. The van der Waals surface area contributed by atoms with Crippen LogP contribution in [0.3, 0.4) is 0 Å². The van der Waals surface area contributed by atoms with E-state index in [0.29, 0.717) is 4.47 Å². The summed E-state index contributed by atoms with van der Waals surface area (Å²) in [4.78, 5) is 5.03. The molecule has 0 radical (unpaired) electrons. The van der Waals surface area contributed by atoms with Gasteiger partial charge >= 0.3 is 12.1 Å². The molecule has 0 atom stereocenters. The van der Waals surface area contributed by atoms with Crippen LogP contribution in [0.1, 0.15) is 18.5 Å². The Morgan fingerprint density at radius 3 is 2.24 bits per heavy atom. The molecule has 1 aliphatic heterocycles. The third kappa shape index (κ3) is 4.35. The highest BCUT2D eigenvalue weighted by Crippen LogP contribution is 2.35. The second-order valence-corrected chi connectivity index (χ2v) is 6.07. The van der Waals surface area contributed by atoms with Gasteiger partial charge in [-0.3, -0.25) is 9.88 Å². The number of nitrogens with zero attached hydrogens (tertiary/aromatic N) is 2. The number of pyridine rings is 1. The van der Waals surface area contributed by atoms with Crippen molar-refractivity contribution in [3.63, 3.8) is 0 Å². The van der Waals surface area contributed by atoms with Crippen LogP contribution in [0.2, 0.25) is 0 Å². The van der Waals surface area contributed by atoms with Crippen LogP contribution < -0.4 is 0 Å². The fourth-order valence-corrected chi connectivity index (χ4v) is 2.61. The summed E-state index contributed by atoms with van der Waals surface area (Å²) < 4.78 is 66.3. The molecule has 8 heteroatoms. The Balaban J connectivity index is 1.94. The topological polar surface area (TPSA) is 16.1 Å². The molecule has 1 saturated heterocycles. The summed E-state index contributed by atoms with van der Waals surface area (Å²) in [5.41, 5.74) is -0.372. The van der Waals surface area contributed by atoms with Gasteiger partial charge in [-0.05, 0) is 54.0 Å². The lowest BCUT2D eigenvalue weighted by Gasteiger charge is -2.34. The van der Waals surface area contributed by atoms with Crippen molar-refractivity contribution in [2.24, 2.45) is 5.92 Å². The first-order chi connectivity index (χ1) is 9.68. The van der Waals surface area contributed by atoms with E-state index in [9.17, 15) is 22.0 Å². The first-order valence-corrected chi connectivity index (χ1v) is 7.27. The van der Waals surface area contributed by atoms with Crippen molar-refractivity contribution in [3.8, 4) is 0 Å². The Morgan fingerprint density at radius 2 is 1.76 bits per heavy atom. The molecule has 1 aliphatic rings. The van der Waals surface area contributed by atoms with Gasteiger partial charge in [0.25, 0.3) is 0 Å². The molecular formula is C13H14BrF5N2. The van der Waals surface area contributed by atoms with E-state index in [1.54, 1.807) is 0 Å². The van der Waals surface area contributed by atoms with Gasteiger partial charge in [0.15, 0.2) is 0 Å². The zero-order valence-electron chi connectivity index (χ0n) is 11.0. The number of aromatic nitrogens is 1. The lowest BCUT2D eigenvalue weighted by molar-refractivity contribution is -0.187. The molecule has 21 heavy (non-hydrogen) atoms. The summed E-state index contributed by atoms with van der Waals surface area (Å²) in [6.45, 7) is -0.557. The van der Waals surface area contributed by atoms with Gasteiger partial charge in [-0.2, -0.15) is 22.0 Å². The number of hydrogen-bond donors (Lipinski definition) is 0. The van der Waals surface area contributed by atoms with Crippen LogP contribution in [0.25, 0.3) is 0 Å². The van der Waals surface area contributed by atoms with E-state index in [0.717, 1.165) is 0 Å². The average molecular weight is 373 g/mol. The van der Waals surface area contributed by atoms with Gasteiger partial charge in [0.05, 0.1) is 12.5 Å². The smallest absolute Gasteiger partial charge is 0.297 e. The van der Waals surface area contributed by atoms with Crippen LogP contribution in [0.15, 0.2) is 22.8 Å². The van der Waals surface area contributed by atoms with E-state index < -0.39 is 24.6 Å². The third-order valence-corrected chi connectivity index (χ3v) is 4.04. The number of halogens is 6. The zero-order chi connectivity index (χ0) is 15.7. The number of rotatable bonds is 3. The summed E-state index contributed by atoms with van der Waals surface area (Å²) >= 11 is 3.11. The van der Waals surface area contributed by atoms with Crippen LogP contribution in [0.5, 0.6) is 0 Å². The molecule has 2 rings (SSSR count). The Kier molecular flexibility index (Phi) is 4.87. The first kappa shape index (κ1) is 16.6. The third-order valence-electron chi connectivity index (χ3n) is 3.57. The van der Waals surface area contributed by atoms with Gasteiger partial charge in [-0.25, -0.2) is 0 Å². The molecule has 1 aromatic rings. The molecule has 1 aromatic heterocycles. The molecule has 0 bridgehead atoms. The molecule has 0 aromatic carbocycles. The van der Waals surface area contributed by atoms with Crippen molar-refractivity contribution in [2.75, 3.05) is 19.6 Å². The van der Waals surface area contributed by atoms with Crippen molar-refractivity contribution >= 4 is 15.9 Å². The van der Waals surface area contributed by atoms with E-state index in [2.05, 4.69) is 20.9 Å². The molecule has 0 amide bonds. The Labute approximate surface area is 127 Å². The predicted molar refractivity (Wildman–Crippen MR) is 71.1 cm³/mol. The van der Waals surface area contributed by atoms with E-state index in [1.807, 2.05) is 0 Å². The maximum absolute atomic E-state index is 14.1. The highest BCUT2D eigenvalue weighted by atomic mass is 79.9. The van der Waals surface area contributed by atoms with Crippen molar-refractivity contribution < 1.29 is 22.0 Å². The number of piperidine rings is 1. The second kappa shape index (κ2) is 6.16. The molecule has 2 nitrogen and oxygen atoms in total. The highest BCUT2D eigenvalue weighted by Gasteiger charge is 2.43. The molecule has 0 saturated carbocycles. The van der Waals surface area contributed by atoms with Crippen LogP contribution in [0, 0.1) is 5.92 Å². The molecule has 118 valence electrons. The van der Waals surface area contributed by atoms with Crippen molar-refractivity contribution in [2.45, 2.75) is 24.9 Å². The Morgan fingerprint density at radius 1 is 1.14 bits per heavy atom. The summed E-state index contributed by atoms with van der Waals surface area (Å²) in [5, 5.41) is 0. The van der Waals surface area contributed by atoms with Crippen LogP contribution in [0.4, 0.5) is 22.0 Å². The lowest BCUT2D eigenvalue weighted by Crippen LogP contribution is -2.43. The summed E-state index contributed by atoms with van der Waals surface area (Å²) in [5.74, 6) is -4.56. The normalized spacial score (nSPS) is 19.0. The van der Waals surface area contributed by atoms with Gasteiger partial charge < -0.3 is 0 Å². The summed E-state index contributed by atoms with van der Waals surface area (Å²) in [7, 11) is 0. The fourth-order valence-electron chi connectivity index (χ4n) is 2.37. The first-order valence-electron chi connectivity index (χ1n) is 6.47. The number of alkyl halides is 5. The Hall–Kier alpha value is -0.760. The maximum Gasteiger partial charge on any atom is 0.391 e. The molecule has 0 unspecified atom stereocenters. The number of hydrogen-bond acceptors (Lipinski definition) is 2. The van der Waals surface area contributed by atoms with Crippen LogP contribution >= 0.6 is 15.9 Å². The molecule has 0 spiro atoms. The summed E-state index contributed by atoms with van der Waals surface area (Å²) in [6, 6.07) is 2.68. The Bertz CT molecular complexity index is 466. The van der Waals surface area contributed by atoms with Gasteiger partial charge in [-0.15, -0.1) is 0 Å². The predicted octanol–water partition coefficient (Wildman–Crippen LogP) is 4.21. The van der Waals surface area contributed by atoms with Crippen molar-refractivity contribution in [1.82, 2.24) is 9.88 Å². The largest absolute Gasteiger partial charge is 0.391 e. The van der Waals surface area contributed by atoms with Gasteiger partial charge in [-0.1, -0.05) is 0 Å². The lowest BCUT2D eigenvalue weighted by atomic mass is 9.96. The standard InChI is InChI=1S/C13H14BrF5N2/c14-10-1-2-11(20-7-10)12(15,16)8-21-5-3-9(4-6-21)13(17,18)19/h1-2,7,9H,3-6,8H2. The summed E-state index contributed by atoms with van der Waals surface area (Å²) in [6.07, 6.45) is -3.22. The highest BCUT2D eigenvalue weighted by molar-refractivity contribution is 9.10. The second-order valence-electron chi connectivity index (χ2n) is 5.16. The minimum Gasteiger partial charge on any atom is -0.297 e. The van der Waals surface area contributed by atoms with Crippen molar-refractivity contribution in [3.05, 3.63) is 28.5 Å². The molecule has 2 heterocycles. The molecule has 0 N–H and O–H groups in total. The fraction of sp³-hybridized carbons (Fsp3) is 0.615. The van der Waals surface area contributed by atoms with Gasteiger partial charge in [0.1, 0.15) is 5.69 Å². The minimum atomic E-state index is -4.23. The SMILES string of the molecule is FC(F)(CN1CCC(C(F)(F)F)CC1)c1ccc(Br)cn1. The monoisotopic (exact) mass is 372 g/mol. The van der Waals surface area contributed by atoms with E-state index in [4.69, 9.17) is 0 Å². The van der Waals surface area contributed by atoms with Gasteiger partial charge in [0, 0.05) is 10.7 Å². The van der Waals surface area contributed by atoms with E-state index in [1.165, 1.54) is 23.2 Å². The molecular weight excluding hydrogens is 359 g/mol. The van der Waals surface area contributed by atoms with Crippen molar-refractivity contribution in [1.29, 1.82) is 0 Å². The van der Waals surface area contributed by atoms with Crippen LogP contribution in [-0.2, 0) is 5.92 Å². The maximum atomic E-state index is 14.1. The minimum absolute atomic E-state index is 0.0241. The zero-order valence-corrected chi connectivity index (χ0v) is 12.6. The van der Waals surface area contributed by atoms with E-state index >= 15 is 0 Å². The molecule has 1 fully saturated rings. The van der Waals surface area contributed by atoms with E-state index in [-0.39, 0.29) is 31.6 Å². The van der Waals surface area contributed by atoms with Crippen LogP contribution in [-0.4, -0.2) is 35.7 Å². The number of likely N-dealkylation sites (tertiary alicyclic amines) is 1.